The number of aliphatic hydroxyl groups is 8. The number of carboxylic acid groups (broad SMARTS) is 1. The van der Waals surface area contributed by atoms with Gasteiger partial charge in [0, 0.05) is 0 Å². The molecule has 15 heteroatoms. The number of aliphatic carboxylic acids is 1. The Morgan fingerprint density at radius 1 is 0.737 bits per heavy atom. The van der Waals surface area contributed by atoms with E-state index in [1.165, 1.54) is 0 Å². The topological polar surface area (TPSA) is 253 Å². The van der Waals surface area contributed by atoms with Gasteiger partial charge in [-0.2, -0.15) is 0 Å². The van der Waals surface area contributed by atoms with Crippen LogP contribution in [0, 0.1) is 56.7 Å². The highest BCUT2D eigenvalue weighted by atomic mass is 16.7. The molecule has 0 radical (unpaired) electrons. The molecule has 0 amide bonds. The Balaban J connectivity index is 1.27. The lowest BCUT2D eigenvalue weighted by molar-refractivity contribution is -0.330. The molecule has 7 rings (SSSR count). The van der Waals surface area contributed by atoms with Gasteiger partial charge in [0.25, 0.3) is 0 Å². The summed E-state index contributed by atoms with van der Waals surface area (Å²) in [6.07, 6.45) is -8.78. The average molecular weight is 811 g/mol. The molecule has 0 aromatic heterocycles. The van der Waals surface area contributed by atoms with E-state index in [-0.39, 0.29) is 41.9 Å². The van der Waals surface area contributed by atoms with E-state index in [4.69, 9.17) is 18.9 Å². The standard InChI is InChI=1S/C42H66O15/c1-19-9-14-41(36(51)52)15-16-42(37(53)57-35-33(50)31(48)29(46)23(18-44)55-35)21(27(41)20(19)2)7-8-25-39(5)12-11-26(38(3,4)24(39)10-13-40(25,42)6)56-34-32(49)30(47)28(45)22(17-43)54-34/h7,19-20,22-35,43-50H,8-18H2,1-6H3,(H,51,52)/t19-,20+,22-,23-,24+,25-,26+,27+,28-,29-,30+,31+,32-,33-,34+,35+,39+,40-,41+,42-/m1/s1. The van der Waals surface area contributed by atoms with E-state index < -0.39 is 120 Å². The van der Waals surface area contributed by atoms with E-state index in [2.05, 4.69) is 47.6 Å². The Bertz CT molecular complexity index is 1570. The lowest BCUT2D eigenvalue weighted by Gasteiger charge is -2.71. The number of rotatable bonds is 7. The lowest BCUT2D eigenvalue weighted by atomic mass is 9.33. The first-order valence-electron chi connectivity index (χ1n) is 21.1. The molecule has 0 unspecified atom stereocenters. The number of carbonyl (C=O) groups is 2. The Morgan fingerprint density at radius 3 is 1.93 bits per heavy atom. The number of allylic oxidation sites excluding steroid dienone is 1. The molecule has 0 aromatic rings. The van der Waals surface area contributed by atoms with Gasteiger partial charge < -0.3 is 64.9 Å². The van der Waals surface area contributed by atoms with Crippen LogP contribution in [0.3, 0.4) is 0 Å². The maximum Gasteiger partial charge on any atom is 0.319 e. The van der Waals surface area contributed by atoms with Gasteiger partial charge in [-0.25, -0.2) is 0 Å². The summed E-state index contributed by atoms with van der Waals surface area (Å²) in [5, 5.41) is 94.6. The SMILES string of the molecule is C[C@H]1[C@H](C)CC[C@]2(C(=O)O)CC[C@]3(C(=O)O[C@@H]4O[C@H](CO)[C@@H](O)[C@H](O)[C@H]4O)C(=CC[C@@H]4[C@@]5(C)CC[C@H](O[C@@H]6O[C@H](CO)[C@@H](O)[C@H](O)[C@H]6O)C(C)(C)[C@@H]5CC[C@]43C)[C@H]12. The van der Waals surface area contributed by atoms with Crippen molar-refractivity contribution < 1.29 is 74.5 Å². The van der Waals surface area contributed by atoms with E-state index in [0.717, 1.165) is 12.0 Å². The van der Waals surface area contributed by atoms with E-state index in [1.807, 2.05) is 0 Å². The molecule has 0 bridgehead atoms. The number of fused-ring (bicyclic) bond motifs is 7. The Hall–Kier alpha value is -1.76. The number of aliphatic hydroxyl groups excluding tert-OH is 8. The fourth-order valence-electron chi connectivity index (χ4n) is 13.9. The fourth-order valence-corrected chi connectivity index (χ4v) is 13.9. The molecule has 20 atom stereocenters. The predicted octanol–water partition coefficient (Wildman–Crippen LogP) is 1.24. The first-order valence-corrected chi connectivity index (χ1v) is 21.1. The molecular formula is C42H66O15. The van der Waals surface area contributed by atoms with E-state index in [1.54, 1.807) is 0 Å². The van der Waals surface area contributed by atoms with Crippen LogP contribution in [0.4, 0.5) is 0 Å². The highest BCUT2D eigenvalue weighted by Crippen LogP contribution is 2.76. The molecule has 2 saturated heterocycles. The molecule has 7 aliphatic rings. The van der Waals surface area contributed by atoms with Crippen molar-refractivity contribution in [2.24, 2.45) is 56.7 Å². The zero-order valence-electron chi connectivity index (χ0n) is 34.1. The highest BCUT2D eigenvalue weighted by molar-refractivity contribution is 5.85. The van der Waals surface area contributed by atoms with Gasteiger partial charge in [0.1, 0.15) is 48.8 Å². The minimum atomic E-state index is -1.80. The first-order chi connectivity index (χ1) is 26.7. The van der Waals surface area contributed by atoms with Crippen LogP contribution in [0.15, 0.2) is 11.6 Å². The Morgan fingerprint density at radius 2 is 1.33 bits per heavy atom. The van der Waals surface area contributed by atoms with E-state index in [9.17, 15) is 50.8 Å². The van der Waals surface area contributed by atoms with Crippen LogP contribution in [0.1, 0.15) is 99.3 Å². The summed E-state index contributed by atoms with van der Waals surface area (Å²) in [5.41, 5.74) is -3.29. The van der Waals surface area contributed by atoms with Crippen molar-refractivity contribution in [2.75, 3.05) is 13.2 Å². The third-order valence-corrected chi connectivity index (χ3v) is 17.4. The summed E-state index contributed by atoms with van der Waals surface area (Å²) in [6, 6.07) is 0. The second-order valence-electron chi connectivity index (χ2n) is 20.0. The van der Waals surface area contributed by atoms with Gasteiger partial charge in [-0.15, -0.1) is 0 Å². The van der Waals surface area contributed by atoms with Crippen LogP contribution in [0.25, 0.3) is 0 Å². The summed E-state index contributed by atoms with van der Waals surface area (Å²) in [4.78, 5) is 28.8. The quantitative estimate of drug-likeness (QED) is 0.0997. The number of esters is 1. The van der Waals surface area contributed by atoms with Crippen molar-refractivity contribution in [1.29, 1.82) is 0 Å². The predicted molar refractivity (Wildman–Crippen MR) is 199 cm³/mol. The van der Waals surface area contributed by atoms with Gasteiger partial charge in [-0.3, -0.25) is 9.59 Å². The number of hydrogen-bond acceptors (Lipinski definition) is 14. The molecule has 5 aliphatic carbocycles. The van der Waals surface area contributed by atoms with Crippen LogP contribution >= 0.6 is 0 Å². The second-order valence-corrected chi connectivity index (χ2v) is 20.0. The van der Waals surface area contributed by atoms with Gasteiger partial charge in [-0.1, -0.05) is 53.2 Å². The van der Waals surface area contributed by atoms with Crippen molar-refractivity contribution >= 4 is 11.9 Å². The van der Waals surface area contributed by atoms with Crippen molar-refractivity contribution in [3.8, 4) is 0 Å². The van der Waals surface area contributed by atoms with Gasteiger partial charge in [-0.05, 0) is 104 Å². The van der Waals surface area contributed by atoms with Crippen LogP contribution in [-0.4, -0.2) is 139 Å². The van der Waals surface area contributed by atoms with Gasteiger partial charge in [0.15, 0.2) is 6.29 Å². The molecule has 15 nitrogen and oxygen atoms in total. The lowest BCUT2D eigenvalue weighted by Crippen LogP contribution is -2.69. The molecule has 0 aromatic carbocycles. The summed E-state index contributed by atoms with van der Waals surface area (Å²) in [7, 11) is 0. The average Bonchev–Trinajstić information content (AvgIpc) is 3.16. The normalized spacial score (nSPS) is 53.3. The highest BCUT2D eigenvalue weighted by Gasteiger charge is 2.74. The zero-order chi connectivity index (χ0) is 41.8. The Labute approximate surface area is 334 Å². The number of carbonyl (C=O) groups excluding carboxylic acids is 1. The maximum atomic E-state index is 15.4. The van der Waals surface area contributed by atoms with E-state index >= 15 is 4.79 Å². The van der Waals surface area contributed by atoms with Gasteiger partial charge in [0.05, 0.1) is 30.1 Å². The second kappa shape index (κ2) is 15.0. The molecular weight excluding hydrogens is 744 g/mol. The third-order valence-electron chi connectivity index (χ3n) is 17.4. The van der Waals surface area contributed by atoms with Crippen LogP contribution in [0.5, 0.6) is 0 Å². The van der Waals surface area contributed by atoms with Crippen molar-refractivity contribution in [3.05, 3.63) is 11.6 Å². The zero-order valence-corrected chi connectivity index (χ0v) is 34.1. The molecule has 6 fully saturated rings. The van der Waals surface area contributed by atoms with Crippen molar-refractivity contribution in [1.82, 2.24) is 0 Å². The van der Waals surface area contributed by atoms with Gasteiger partial charge in [0.2, 0.25) is 6.29 Å². The minimum Gasteiger partial charge on any atom is -0.481 e. The summed E-state index contributed by atoms with van der Waals surface area (Å²) >= 11 is 0. The molecule has 2 heterocycles. The largest absolute Gasteiger partial charge is 0.481 e. The summed E-state index contributed by atoms with van der Waals surface area (Å²) < 4.78 is 24.1. The monoisotopic (exact) mass is 810 g/mol. The summed E-state index contributed by atoms with van der Waals surface area (Å²) in [5.74, 6) is -1.94. The number of hydrogen-bond donors (Lipinski definition) is 9. The smallest absolute Gasteiger partial charge is 0.319 e. The first kappa shape index (κ1) is 43.3. The molecule has 324 valence electrons. The molecule has 2 aliphatic heterocycles. The number of ether oxygens (including phenoxy) is 4. The van der Waals surface area contributed by atoms with Gasteiger partial charge >= 0.3 is 11.9 Å². The van der Waals surface area contributed by atoms with Crippen LogP contribution in [-0.2, 0) is 28.5 Å². The van der Waals surface area contributed by atoms with Crippen LogP contribution < -0.4 is 0 Å². The van der Waals surface area contributed by atoms with Crippen molar-refractivity contribution in [2.45, 2.75) is 167 Å². The van der Waals surface area contributed by atoms with Crippen LogP contribution in [0.2, 0.25) is 0 Å². The number of carboxylic acids is 1. The fraction of sp³-hybridized carbons (Fsp3) is 0.905. The van der Waals surface area contributed by atoms with Crippen molar-refractivity contribution in [3.63, 3.8) is 0 Å². The molecule has 0 spiro atoms. The minimum absolute atomic E-state index is 0.0375. The Kier molecular flexibility index (Phi) is 11.4. The molecule has 57 heavy (non-hydrogen) atoms. The maximum absolute atomic E-state index is 15.4. The molecule has 4 saturated carbocycles. The van der Waals surface area contributed by atoms with E-state index in [0.29, 0.717) is 38.5 Å². The molecule has 9 N–H and O–H groups in total. The third kappa shape index (κ3) is 6.14. The summed E-state index contributed by atoms with van der Waals surface area (Å²) in [6.45, 7) is 11.6.